The molecule has 9 nitrogen and oxygen atoms in total. The molecule has 3 saturated carbocycles. The minimum absolute atomic E-state index is 0.120. The summed E-state index contributed by atoms with van der Waals surface area (Å²) in [5, 5.41) is 26.3. The van der Waals surface area contributed by atoms with Gasteiger partial charge >= 0.3 is 0 Å². The fourth-order valence-electron chi connectivity index (χ4n) is 5.02. The lowest BCUT2D eigenvalue weighted by Crippen LogP contribution is -2.70. The Hall–Kier alpha value is -4.11. The van der Waals surface area contributed by atoms with E-state index in [1.807, 2.05) is 32.0 Å². The molecule has 3 N–H and O–H groups in total. The SMILES string of the molecule is Cc1cc(/C=C/C#N)cc(C)c1Oc1nc(NC23CC(C#N)(C2)C3)nc2c1c(N)nn2C. The number of ether oxygens (including phenoxy) is 1. The molecule has 0 aliphatic heterocycles. The van der Waals surface area contributed by atoms with Crippen molar-refractivity contribution >= 4 is 28.9 Å². The number of nitriles is 2. The number of hydrogen-bond acceptors (Lipinski definition) is 8. The first-order valence-electron chi connectivity index (χ1n) is 10.3. The van der Waals surface area contributed by atoms with Gasteiger partial charge in [-0.3, -0.25) is 0 Å². The summed E-state index contributed by atoms with van der Waals surface area (Å²) in [5.41, 5.74) is 9.15. The van der Waals surface area contributed by atoms with E-state index in [-0.39, 0.29) is 11.0 Å². The van der Waals surface area contributed by atoms with E-state index in [0.717, 1.165) is 36.0 Å². The van der Waals surface area contributed by atoms with E-state index in [1.165, 1.54) is 6.08 Å². The maximum absolute atomic E-state index is 9.30. The van der Waals surface area contributed by atoms with Crippen molar-refractivity contribution in [3.05, 3.63) is 34.9 Å². The minimum Gasteiger partial charge on any atom is -0.437 e. The average Bonchev–Trinajstić information content (AvgIpc) is 2.98. The van der Waals surface area contributed by atoms with Crippen LogP contribution in [0.1, 0.15) is 36.0 Å². The third kappa shape index (κ3) is 2.94. The molecule has 0 radical (unpaired) electrons. The van der Waals surface area contributed by atoms with Crippen LogP contribution in [0.2, 0.25) is 0 Å². The van der Waals surface area contributed by atoms with Crippen LogP contribution in [0.15, 0.2) is 18.2 Å². The van der Waals surface area contributed by atoms with Gasteiger partial charge in [0.1, 0.15) is 11.1 Å². The van der Waals surface area contributed by atoms with Gasteiger partial charge in [0, 0.05) is 18.7 Å². The Kier molecular flexibility index (Phi) is 4.15. The standard InChI is InChI=1S/C23H22N8O/c1-13-7-15(5-4-6-24)8-14(2)17(13)32-20-16-18(26)30-31(3)19(16)27-21(28-20)29-23-9-22(10-23,11-23)12-25/h4-5,7-8H,9-11H2,1-3H3,(H2,26,30)(H,27,28,29)/b5-4+. The van der Waals surface area contributed by atoms with E-state index >= 15 is 0 Å². The molecule has 3 aromatic rings. The minimum atomic E-state index is -0.177. The lowest BCUT2D eigenvalue weighted by Gasteiger charge is -2.66. The van der Waals surface area contributed by atoms with Crippen molar-refractivity contribution < 1.29 is 4.74 Å². The number of hydrogen-bond donors (Lipinski definition) is 2. The molecule has 3 fully saturated rings. The zero-order valence-electron chi connectivity index (χ0n) is 18.1. The second kappa shape index (κ2) is 6.69. The van der Waals surface area contributed by atoms with Crippen molar-refractivity contribution in [2.24, 2.45) is 12.5 Å². The highest BCUT2D eigenvalue weighted by Crippen LogP contribution is 2.67. The van der Waals surface area contributed by atoms with E-state index in [2.05, 4.69) is 26.5 Å². The van der Waals surface area contributed by atoms with Crippen LogP contribution in [0.5, 0.6) is 11.6 Å². The van der Waals surface area contributed by atoms with E-state index in [1.54, 1.807) is 17.8 Å². The number of rotatable bonds is 5. The normalized spacial score (nSPS) is 23.3. The van der Waals surface area contributed by atoms with Crippen LogP contribution in [-0.4, -0.2) is 25.3 Å². The number of allylic oxidation sites excluding steroid dienone is 1. The van der Waals surface area contributed by atoms with Gasteiger partial charge in [-0.1, -0.05) is 0 Å². The van der Waals surface area contributed by atoms with Gasteiger partial charge in [0.05, 0.1) is 17.6 Å². The maximum atomic E-state index is 9.30. The third-order valence-electron chi connectivity index (χ3n) is 6.35. The van der Waals surface area contributed by atoms with E-state index < -0.39 is 0 Å². The number of nitrogens with one attached hydrogen (secondary N) is 1. The second-order valence-corrected chi connectivity index (χ2v) is 8.94. The summed E-state index contributed by atoms with van der Waals surface area (Å²) in [5.74, 6) is 1.73. The third-order valence-corrected chi connectivity index (χ3v) is 6.35. The maximum Gasteiger partial charge on any atom is 0.237 e. The first-order valence-corrected chi connectivity index (χ1v) is 10.3. The fourth-order valence-corrected chi connectivity index (χ4v) is 5.02. The predicted molar refractivity (Wildman–Crippen MR) is 120 cm³/mol. The summed E-state index contributed by atoms with van der Waals surface area (Å²) in [6, 6.07) is 8.31. The lowest BCUT2D eigenvalue weighted by atomic mass is 9.40. The molecule has 9 heteroatoms. The van der Waals surface area contributed by atoms with Crippen LogP contribution in [0.25, 0.3) is 17.1 Å². The van der Waals surface area contributed by atoms with Crippen LogP contribution < -0.4 is 15.8 Å². The van der Waals surface area contributed by atoms with Gasteiger partial charge in [0.15, 0.2) is 11.5 Å². The predicted octanol–water partition coefficient (Wildman–Crippen LogP) is 3.75. The summed E-state index contributed by atoms with van der Waals surface area (Å²) >= 11 is 0. The molecule has 2 bridgehead atoms. The van der Waals surface area contributed by atoms with Crippen molar-refractivity contribution in [2.75, 3.05) is 11.1 Å². The molecule has 2 heterocycles. The summed E-state index contributed by atoms with van der Waals surface area (Å²) in [4.78, 5) is 9.27. The summed E-state index contributed by atoms with van der Waals surface area (Å²) < 4.78 is 7.91. The molecule has 0 spiro atoms. The van der Waals surface area contributed by atoms with Gasteiger partial charge in [-0.15, -0.1) is 0 Å². The van der Waals surface area contributed by atoms with E-state index in [4.69, 9.17) is 15.7 Å². The Morgan fingerprint density at radius 2 is 1.88 bits per heavy atom. The zero-order valence-corrected chi connectivity index (χ0v) is 18.1. The zero-order chi connectivity index (χ0) is 22.7. The van der Waals surface area contributed by atoms with Crippen molar-refractivity contribution in [3.63, 3.8) is 0 Å². The Morgan fingerprint density at radius 1 is 1.19 bits per heavy atom. The molecule has 6 rings (SSSR count). The topological polar surface area (TPSA) is 138 Å². The summed E-state index contributed by atoms with van der Waals surface area (Å²) in [6.45, 7) is 3.89. The molecule has 1 aromatic carbocycles. The monoisotopic (exact) mass is 426 g/mol. The molecule has 0 unspecified atom stereocenters. The number of aryl methyl sites for hydroxylation is 3. The average molecular weight is 426 g/mol. The van der Waals surface area contributed by atoms with Gasteiger partial charge in [0.2, 0.25) is 11.8 Å². The number of aromatic nitrogens is 4. The first kappa shape index (κ1) is 19.8. The first-order chi connectivity index (χ1) is 15.3. The van der Waals surface area contributed by atoms with Crippen LogP contribution >= 0.6 is 0 Å². The fraction of sp³-hybridized carbons (Fsp3) is 0.348. The van der Waals surface area contributed by atoms with Crippen molar-refractivity contribution in [1.29, 1.82) is 10.5 Å². The van der Waals surface area contributed by atoms with Gasteiger partial charge in [-0.25, -0.2) is 4.68 Å². The Bertz CT molecular complexity index is 1340. The van der Waals surface area contributed by atoms with Crippen molar-refractivity contribution in [1.82, 2.24) is 19.7 Å². The number of nitrogen functional groups attached to an aromatic ring is 1. The Balaban J connectivity index is 1.53. The molecular weight excluding hydrogens is 404 g/mol. The van der Waals surface area contributed by atoms with E-state index in [9.17, 15) is 5.26 Å². The number of fused-ring (bicyclic) bond motifs is 1. The second-order valence-electron chi connectivity index (χ2n) is 8.94. The largest absolute Gasteiger partial charge is 0.437 e. The summed E-state index contributed by atoms with van der Waals surface area (Å²) in [7, 11) is 1.78. The van der Waals surface area contributed by atoms with Crippen molar-refractivity contribution in [3.8, 4) is 23.8 Å². The van der Waals surface area contributed by atoms with Gasteiger partial charge < -0.3 is 15.8 Å². The summed E-state index contributed by atoms with van der Waals surface area (Å²) in [6.07, 6.45) is 5.61. The molecular formula is C23H22N8O. The highest BCUT2D eigenvalue weighted by Gasteiger charge is 2.69. The highest BCUT2D eigenvalue weighted by atomic mass is 16.5. The van der Waals surface area contributed by atoms with Crippen LogP contribution in [-0.2, 0) is 7.05 Å². The molecule has 160 valence electrons. The number of nitrogens with two attached hydrogens (primary N) is 1. The van der Waals surface area contributed by atoms with Gasteiger partial charge in [-0.05, 0) is 68.0 Å². The smallest absolute Gasteiger partial charge is 0.237 e. The van der Waals surface area contributed by atoms with Crippen LogP contribution in [0.4, 0.5) is 11.8 Å². The van der Waals surface area contributed by atoms with E-state index in [0.29, 0.717) is 34.4 Å². The Morgan fingerprint density at radius 3 is 2.50 bits per heavy atom. The number of benzene rings is 1. The molecule has 3 aliphatic rings. The molecule has 0 amide bonds. The van der Waals surface area contributed by atoms with Gasteiger partial charge in [-0.2, -0.15) is 25.6 Å². The number of anilines is 2. The van der Waals surface area contributed by atoms with Crippen molar-refractivity contribution in [2.45, 2.75) is 38.6 Å². The molecule has 2 aromatic heterocycles. The number of nitrogens with zero attached hydrogens (tertiary/aromatic N) is 6. The Labute approximate surface area is 185 Å². The molecule has 0 saturated heterocycles. The molecule has 32 heavy (non-hydrogen) atoms. The highest BCUT2D eigenvalue weighted by molar-refractivity contribution is 5.92. The lowest BCUT2D eigenvalue weighted by molar-refractivity contribution is -0.0665. The van der Waals surface area contributed by atoms with Gasteiger partial charge in [0.25, 0.3) is 0 Å². The van der Waals surface area contributed by atoms with Crippen LogP contribution in [0, 0.1) is 41.9 Å². The molecule has 0 atom stereocenters. The quantitative estimate of drug-likeness (QED) is 0.588. The van der Waals surface area contributed by atoms with Crippen LogP contribution in [0.3, 0.4) is 0 Å². The molecule has 3 aliphatic carbocycles.